The van der Waals surface area contributed by atoms with Crippen molar-refractivity contribution in [3.8, 4) is 0 Å². The molecular weight excluding hydrogens is 172 g/mol. The topological polar surface area (TPSA) is 47.9 Å². The molecule has 0 saturated carbocycles. The molecule has 0 unspecified atom stereocenters. The minimum absolute atomic E-state index is 0.380. The van der Waals surface area contributed by atoms with Gasteiger partial charge in [0.25, 0.3) is 0 Å². The third-order valence-corrected chi connectivity index (χ3v) is 1.37. The van der Waals surface area contributed by atoms with E-state index in [1.54, 1.807) is 14.0 Å². The summed E-state index contributed by atoms with van der Waals surface area (Å²) in [6.45, 7) is 4.69. The van der Waals surface area contributed by atoms with E-state index in [0.29, 0.717) is 33.0 Å². The maximum Gasteiger partial charge on any atom is 0.0745 e. The Kier molecular flexibility index (Phi) is 9.80. The van der Waals surface area contributed by atoms with Gasteiger partial charge in [0.1, 0.15) is 0 Å². The third-order valence-electron chi connectivity index (χ3n) is 1.37. The highest BCUT2D eigenvalue weighted by atomic mass is 16.5. The van der Waals surface area contributed by atoms with Crippen molar-refractivity contribution in [2.75, 3.05) is 40.1 Å². The smallest absolute Gasteiger partial charge is 0.0745 e. The first-order valence-electron chi connectivity index (χ1n) is 4.60. The normalized spacial score (nSPS) is 13.2. The van der Waals surface area contributed by atoms with Crippen molar-refractivity contribution in [3.63, 3.8) is 0 Å². The minimum atomic E-state index is -0.380. The highest BCUT2D eigenvalue weighted by Gasteiger charge is 1.94. The van der Waals surface area contributed by atoms with Gasteiger partial charge in [0.05, 0.1) is 25.9 Å². The fourth-order valence-electron chi connectivity index (χ4n) is 0.761. The molecule has 0 heterocycles. The largest absolute Gasteiger partial charge is 0.391 e. The summed E-state index contributed by atoms with van der Waals surface area (Å²) in [4.78, 5) is 0. The molecule has 0 rings (SSSR count). The van der Waals surface area contributed by atoms with E-state index in [-0.39, 0.29) is 6.10 Å². The van der Waals surface area contributed by atoms with Gasteiger partial charge in [-0.05, 0) is 13.3 Å². The van der Waals surface area contributed by atoms with Gasteiger partial charge >= 0.3 is 0 Å². The molecule has 0 aromatic carbocycles. The zero-order chi connectivity index (χ0) is 9.94. The van der Waals surface area contributed by atoms with Crippen molar-refractivity contribution in [3.05, 3.63) is 0 Å². The van der Waals surface area contributed by atoms with E-state index in [9.17, 15) is 0 Å². The van der Waals surface area contributed by atoms with Crippen LogP contribution in [0.2, 0.25) is 0 Å². The van der Waals surface area contributed by atoms with E-state index in [4.69, 9.17) is 19.3 Å². The molecule has 4 nitrogen and oxygen atoms in total. The van der Waals surface area contributed by atoms with E-state index in [0.717, 1.165) is 6.42 Å². The first-order valence-corrected chi connectivity index (χ1v) is 4.60. The molecule has 0 spiro atoms. The van der Waals surface area contributed by atoms with Gasteiger partial charge in [-0.3, -0.25) is 0 Å². The number of ether oxygens (including phenoxy) is 3. The van der Waals surface area contributed by atoms with E-state index < -0.39 is 0 Å². The Balaban J connectivity index is 2.84. The summed E-state index contributed by atoms with van der Waals surface area (Å²) in [6, 6.07) is 0. The van der Waals surface area contributed by atoms with E-state index >= 15 is 0 Å². The van der Waals surface area contributed by atoms with Crippen molar-refractivity contribution in [2.24, 2.45) is 0 Å². The first-order chi connectivity index (χ1) is 6.27. The third kappa shape index (κ3) is 11.8. The van der Waals surface area contributed by atoms with Crippen LogP contribution >= 0.6 is 0 Å². The average Bonchev–Trinajstić information content (AvgIpc) is 2.09. The zero-order valence-corrected chi connectivity index (χ0v) is 8.49. The number of aliphatic hydroxyl groups is 1. The predicted molar refractivity (Wildman–Crippen MR) is 49.8 cm³/mol. The second-order valence-corrected chi connectivity index (χ2v) is 2.88. The molecule has 0 aromatic rings. The molecule has 0 amide bonds. The molecule has 0 radical (unpaired) electrons. The SMILES string of the molecule is COCCOCCCOC[C@H](C)O. The zero-order valence-electron chi connectivity index (χ0n) is 8.49. The average molecular weight is 192 g/mol. The number of rotatable bonds is 9. The molecule has 0 aromatic heterocycles. The predicted octanol–water partition coefficient (Wildman–Crippen LogP) is 0.437. The van der Waals surface area contributed by atoms with Gasteiger partial charge in [-0.1, -0.05) is 0 Å². The lowest BCUT2D eigenvalue weighted by atomic mass is 10.4. The van der Waals surface area contributed by atoms with Gasteiger partial charge in [0.2, 0.25) is 0 Å². The van der Waals surface area contributed by atoms with Gasteiger partial charge in [-0.2, -0.15) is 0 Å². The lowest BCUT2D eigenvalue weighted by molar-refractivity contribution is 0.0246. The second kappa shape index (κ2) is 9.92. The molecule has 1 N–H and O–H groups in total. The van der Waals surface area contributed by atoms with Crippen LogP contribution in [0.15, 0.2) is 0 Å². The lowest BCUT2D eigenvalue weighted by Gasteiger charge is -2.06. The van der Waals surface area contributed by atoms with Crippen LogP contribution in [0.25, 0.3) is 0 Å². The van der Waals surface area contributed by atoms with Gasteiger partial charge in [0.15, 0.2) is 0 Å². The molecule has 0 aliphatic rings. The van der Waals surface area contributed by atoms with Crippen molar-refractivity contribution < 1.29 is 19.3 Å². The fourth-order valence-corrected chi connectivity index (χ4v) is 0.761. The molecule has 4 heteroatoms. The number of hydrogen-bond acceptors (Lipinski definition) is 4. The Morgan fingerprint density at radius 1 is 1.08 bits per heavy atom. The van der Waals surface area contributed by atoms with E-state index in [1.165, 1.54) is 0 Å². The van der Waals surface area contributed by atoms with E-state index in [2.05, 4.69) is 0 Å². The Labute approximate surface area is 79.8 Å². The Morgan fingerprint density at radius 3 is 2.38 bits per heavy atom. The summed E-state index contributed by atoms with van der Waals surface area (Å²) in [5.74, 6) is 0. The van der Waals surface area contributed by atoms with Crippen molar-refractivity contribution in [2.45, 2.75) is 19.4 Å². The summed E-state index contributed by atoms with van der Waals surface area (Å²) in [5.41, 5.74) is 0. The fraction of sp³-hybridized carbons (Fsp3) is 1.00. The molecule has 13 heavy (non-hydrogen) atoms. The standard InChI is InChI=1S/C9H20O4/c1-9(10)8-13-5-3-4-12-7-6-11-2/h9-10H,3-8H2,1-2H3/t9-/m0/s1. The Hall–Kier alpha value is -0.160. The summed E-state index contributed by atoms with van der Waals surface area (Å²) >= 11 is 0. The molecule has 0 fully saturated rings. The van der Waals surface area contributed by atoms with Crippen LogP contribution in [0.3, 0.4) is 0 Å². The summed E-state index contributed by atoms with van der Waals surface area (Å²) in [7, 11) is 1.65. The Morgan fingerprint density at radius 2 is 1.77 bits per heavy atom. The quantitative estimate of drug-likeness (QED) is 0.538. The number of methoxy groups -OCH3 is 1. The lowest BCUT2D eigenvalue weighted by Crippen LogP contribution is -2.12. The first kappa shape index (κ1) is 12.8. The highest BCUT2D eigenvalue weighted by Crippen LogP contribution is 1.88. The van der Waals surface area contributed by atoms with Crippen LogP contribution in [0.5, 0.6) is 0 Å². The molecule has 80 valence electrons. The summed E-state index contributed by atoms with van der Waals surface area (Å²) < 4.78 is 15.2. The summed E-state index contributed by atoms with van der Waals surface area (Å²) in [6.07, 6.45) is 0.477. The minimum Gasteiger partial charge on any atom is -0.391 e. The molecule has 0 bridgehead atoms. The molecular formula is C9H20O4. The molecule has 0 aliphatic heterocycles. The Bertz CT molecular complexity index is 95.6. The monoisotopic (exact) mass is 192 g/mol. The second-order valence-electron chi connectivity index (χ2n) is 2.88. The number of hydrogen-bond donors (Lipinski definition) is 1. The van der Waals surface area contributed by atoms with Crippen molar-refractivity contribution >= 4 is 0 Å². The van der Waals surface area contributed by atoms with Crippen molar-refractivity contribution in [1.82, 2.24) is 0 Å². The van der Waals surface area contributed by atoms with Crippen LogP contribution in [0.1, 0.15) is 13.3 Å². The van der Waals surface area contributed by atoms with Crippen LogP contribution in [-0.4, -0.2) is 51.4 Å². The molecule has 0 saturated heterocycles. The van der Waals surface area contributed by atoms with Crippen LogP contribution in [-0.2, 0) is 14.2 Å². The summed E-state index contributed by atoms with van der Waals surface area (Å²) in [5, 5.41) is 8.85. The van der Waals surface area contributed by atoms with Gasteiger partial charge < -0.3 is 19.3 Å². The van der Waals surface area contributed by atoms with E-state index in [1.807, 2.05) is 0 Å². The van der Waals surface area contributed by atoms with Crippen LogP contribution < -0.4 is 0 Å². The highest BCUT2D eigenvalue weighted by molar-refractivity contribution is 4.42. The van der Waals surface area contributed by atoms with Gasteiger partial charge in [-0.25, -0.2) is 0 Å². The molecule has 1 atom stereocenters. The van der Waals surface area contributed by atoms with Crippen LogP contribution in [0, 0.1) is 0 Å². The van der Waals surface area contributed by atoms with Crippen molar-refractivity contribution in [1.29, 1.82) is 0 Å². The van der Waals surface area contributed by atoms with Gasteiger partial charge in [-0.15, -0.1) is 0 Å². The number of aliphatic hydroxyl groups excluding tert-OH is 1. The maximum atomic E-state index is 8.85. The van der Waals surface area contributed by atoms with Crippen LogP contribution in [0.4, 0.5) is 0 Å². The molecule has 0 aliphatic carbocycles. The maximum absolute atomic E-state index is 8.85. The van der Waals surface area contributed by atoms with Gasteiger partial charge in [0, 0.05) is 20.3 Å².